The minimum Gasteiger partial charge on any atom is -0.382 e. The van der Waals surface area contributed by atoms with Crippen LogP contribution in [-0.4, -0.2) is 62.1 Å². The summed E-state index contributed by atoms with van der Waals surface area (Å²) in [6.07, 6.45) is -4.40. The number of β-amino-alcohol motifs (C(OH)–C–C–N with tert-alkyl or cyclic N) is 1. The van der Waals surface area contributed by atoms with Gasteiger partial charge in [-0.05, 0) is 91.5 Å². The molecule has 1 saturated heterocycles. The lowest BCUT2D eigenvalue weighted by molar-refractivity contribution is -0.208. The third kappa shape index (κ3) is 6.42. The second-order valence-electron chi connectivity index (χ2n) is 8.90. The van der Waals surface area contributed by atoms with Gasteiger partial charge in [0.2, 0.25) is 5.95 Å². The summed E-state index contributed by atoms with van der Waals surface area (Å²) in [5, 5.41) is 22.6. The summed E-state index contributed by atoms with van der Waals surface area (Å²) in [5.41, 5.74) is 2.71. The first-order chi connectivity index (χ1) is 17.0. The molecule has 0 bridgehead atoms. The van der Waals surface area contributed by atoms with Crippen molar-refractivity contribution in [3.63, 3.8) is 0 Å². The van der Waals surface area contributed by atoms with Crippen molar-refractivity contribution in [2.45, 2.75) is 44.9 Å². The molecular weight excluding hydrogens is 593 g/mol. The molecule has 1 fully saturated rings. The van der Waals surface area contributed by atoms with Crippen molar-refractivity contribution in [3.8, 4) is 0 Å². The Bertz CT molecular complexity index is 1210. The number of aliphatic hydroxyl groups excluding tert-OH is 1. The smallest absolute Gasteiger partial charge is 0.382 e. The van der Waals surface area contributed by atoms with Gasteiger partial charge in [-0.1, -0.05) is 0 Å². The Balaban J connectivity index is 1.47. The van der Waals surface area contributed by atoms with E-state index in [4.69, 9.17) is 0 Å². The van der Waals surface area contributed by atoms with Crippen molar-refractivity contribution >= 4 is 45.9 Å². The summed E-state index contributed by atoms with van der Waals surface area (Å²) in [6.45, 7) is 3.87. The van der Waals surface area contributed by atoms with Gasteiger partial charge >= 0.3 is 6.18 Å². The lowest BCUT2D eigenvalue weighted by Gasteiger charge is -2.34. The van der Waals surface area contributed by atoms with Crippen LogP contribution in [0.4, 0.5) is 40.8 Å². The first kappa shape index (κ1) is 26.5. The summed E-state index contributed by atoms with van der Waals surface area (Å²) in [5.74, 6) is 0.994. The SMILES string of the molecule is Cc1cc(Nc2nc(Nc3cc(C4CCN(CC(O)C(F)(F)F)CC4)c(F)cc3C)ncc2I)n[nH]1. The first-order valence-corrected chi connectivity index (χ1v) is 12.4. The topological polar surface area (TPSA) is 102 Å². The lowest BCUT2D eigenvalue weighted by Crippen LogP contribution is -2.44. The third-order valence-electron chi connectivity index (χ3n) is 6.12. The largest absolute Gasteiger partial charge is 0.415 e. The van der Waals surface area contributed by atoms with E-state index < -0.39 is 18.8 Å². The quantitative estimate of drug-likeness (QED) is 0.215. The normalized spacial score (nSPS) is 16.2. The van der Waals surface area contributed by atoms with Crippen molar-refractivity contribution in [3.05, 3.63) is 50.6 Å². The number of aromatic nitrogens is 4. The highest BCUT2D eigenvalue weighted by Crippen LogP contribution is 2.34. The van der Waals surface area contributed by atoms with E-state index in [2.05, 4.69) is 53.4 Å². The molecule has 1 atom stereocenters. The van der Waals surface area contributed by atoms with Crippen LogP contribution in [-0.2, 0) is 0 Å². The number of aromatic amines is 1. The molecule has 0 radical (unpaired) electrons. The van der Waals surface area contributed by atoms with Gasteiger partial charge in [0.15, 0.2) is 17.7 Å². The zero-order valence-electron chi connectivity index (χ0n) is 19.6. The zero-order chi connectivity index (χ0) is 26.0. The molecule has 3 aromatic rings. The molecule has 194 valence electrons. The molecule has 0 saturated carbocycles. The van der Waals surface area contributed by atoms with E-state index in [9.17, 15) is 22.7 Å². The van der Waals surface area contributed by atoms with Crippen LogP contribution in [0, 0.1) is 23.2 Å². The number of aliphatic hydroxyl groups is 1. The number of hydrogen-bond donors (Lipinski definition) is 4. The van der Waals surface area contributed by atoms with Crippen molar-refractivity contribution in [2.75, 3.05) is 30.3 Å². The molecule has 1 aromatic carbocycles. The number of benzene rings is 1. The van der Waals surface area contributed by atoms with E-state index >= 15 is 0 Å². The van der Waals surface area contributed by atoms with Gasteiger partial charge in [0.1, 0.15) is 5.82 Å². The average Bonchev–Trinajstić information content (AvgIpc) is 3.22. The van der Waals surface area contributed by atoms with E-state index in [0.29, 0.717) is 60.3 Å². The second-order valence-corrected chi connectivity index (χ2v) is 10.1. The summed E-state index contributed by atoms with van der Waals surface area (Å²) in [7, 11) is 0. The summed E-state index contributed by atoms with van der Waals surface area (Å²) in [4.78, 5) is 10.4. The summed E-state index contributed by atoms with van der Waals surface area (Å²) >= 11 is 2.12. The minimum absolute atomic E-state index is 0.150. The van der Waals surface area contributed by atoms with Crippen LogP contribution >= 0.6 is 22.6 Å². The highest BCUT2D eigenvalue weighted by atomic mass is 127. The van der Waals surface area contributed by atoms with Gasteiger partial charge < -0.3 is 20.6 Å². The Morgan fingerprint density at radius 1 is 1.19 bits per heavy atom. The number of anilines is 4. The molecule has 13 heteroatoms. The molecule has 3 heterocycles. The first-order valence-electron chi connectivity index (χ1n) is 11.4. The Kier molecular flexibility index (Phi) is 7.99. The molecule has 0 amide bonds. The van der Waals surface area contributed by atoms with Gasteiger partial charge in [-0.3, -0.25) is 5.10 Å². The fourth-order valence-corrected chi connectivity index (χ4v) is 4.55. The molecule has 1 aliphatic heterocycles. The highest BCUT2D eigenvalue weighted by molar-refractivity contribution is 14.1. The Morgan fingerprint density at radius 2 is 1.92 bits per heavy atom. The van der Waals surface area contributed by atoms with E-state index in [0.717, 1.165) is 9.26 Å². The number of nitrogens with one attached hydrogen (secondary N) is 3. The lowest BCUT2D eigenvalue weighted by atomic mass is 9.88. The van der Waals surface area contributed by atoms with Gasteiger partial charge in [0, 0.05) is 30.2 Å². The standard InChI is InChI=1S/C23H26F4IN7O/c1-12-7-16(24)15(14-3-5-35(6-4-14)11-19(36)23(25,26)27)9-18(12)30-22-29-10-17(28)21(32-22)31-20-8-13(2)33-34-20/h7-10,14,19,36H,3-6,11H2,1-2H3,(H3,29,30,31,32,33,34). The molecule has 4 N–H and O–H groups in total. The summed E-state index contributed by atoms with van der Waals surface area (Å²) in [6, 6.07) is 5.01. The van der Waals surface area contributed by atoms with Crippen molar-refractivity contribution in [2.24, 2.45) is 0 Å². The second kappa shape index (κ2) is 10.8. The fourth-order valence-electron chi connectivity index (χ4n) is 4.15. The van der Waals surface area contributed by atoms with E-state index in [-0.39, 0.29) is 11.7 Å². The van der Waals surface area contributed by atoms with E-state index in [1.165, 1.54) is 6.07 Å². The molecule has 8 nitrogen and oxygen atoms in total. The Hall–Kier alpha value is -2.52. The van der Waals surface area contributed by atoms with Crippen LogP contribution in [0.5, 0.6) is 0 Å². The van der Waals surface area contributed by atoms with Gasteiger partial charge in [-0.15, -0.1) is 0 Å². The maximum Gasteiger partial charge on any atom is 0.415 e. The highest BCUT2D eigenvalue weighted by Gasteiger charge is 2.39. The third-order valence-corrected chi connectivity index (χ3v) is 6.91. The minimum atomic E-state index is -4.65. The fraction of sp³-hybridized carbons (Fsp3) is 0.435. The van der Waals surface area contributed by atoms with Crippen LogP contribution < -0.4 is 10.6 Å². The zero-order valence-corrected chi connectivity index (χ0v) is 21.8. The number of hydrogen-bond acceptors (Lipinski definition) is 7. The van der Waals surface area contributed by atoms with Gasteiger partial charge in [-0.2, -0.15) is 23.3 Å². The number of likely N-dealkylation sites (tertiary alicyclic amines) is 1. The van der Waals surface area contributed by atoms with Gasteiger partial charge in [0.05, 0.1) is 3.57 Å². The number of H-pyrrole nitrogens is 1. The number of alkyl halides is 3. The Labute approximate surface area is 219 Å². The molecule has 4 rings (SSSR count). The van der Waals surface area contributed by atoms with Crippen molar-refractivity contribution < 1.29 is 22.7 Å². The molecular formula is C23H26F4IN7O. The average molecular weight is 619 g/mol. The number of aryl methyl sites for hydroxylation is 2. The number of nitrogens with zero attached hydrogens (tertiary/aromatic N) is 4. The Morgan fingerprint density at radius 3 is 2.56 bits per heavy atom. The van der Waals surface area contributed by atoms with Crippen LogP contribution in [0.3, 0.4) is 0 Å². The predicted octanol–water partition coefficient (Wildman–Crippen LogP) is 5.15. The van der Waals surface area contributed by atoms with E-state index in [1.54, 1.807) is 24.1 Å². The maximum atomic E-state index is 14.9. The van der Waals surface area contributed by atoms with Gasteiger partial charge in [-0.25, -0.2) is 9.37 Å². The molecule has 1 aliphatic rings. The van der Waals surface area contributed by atoms with Crippen LogP contribution in [0.2, 0.25) is 0 Å². The van der Waals surface area contributed by atoms with E-state index in [1.807, 2.05) is 13.0 Å². The van der Waals surface area contributed by atoms with Crippen molar-refractivity contribution in [1.82, 2.24) is 25.1 Å². The molecule has 36 heavy (non-hydrogen) atoms. The van der Waals surface area contributed by atoms with Crippen LogP contribution in [0.1, 0.15) is 35.6 Å². The van der Waals surface area contributed by atoms with Crippen molar-refractivity contribution in [1.29, 1.82) is 0 Å². The molecule has 0 aliphatic carbocycles. The van der Waals surface area contributed by atoms with Crippen LogP contribution in [0.15, 0.2) is 24.4 Å². The maximum absolute atomic E-state index is 14.9. The number of halogens is 5. The monoisotopic (exact) mass is 619 g/mol. The molecule has 1 unspecified atom stereocenters. The molecule has 2 aromatic heterocycles. The number of rotatable bonds is 7. The van der Waals surface area contributed by atoms with Crippen LogP contribution in [0.25, 0.3) is 0 Å². The number of piperidine rings is 1. The predicted molar refractivity (Wildman–Crippen MR) is 136 cm³/mol. The van der Waals surface area contributed by atoms with Gasteiger partial charge in [0.25, 0.3) is 0 Å². The molecule has 0 spiro atoms. The summed E-state index contributed by atoms with van der Waals surface area (Å²) < 4.78 is 53.7.